The monoisotopic (exact) mass is 376 g/mol. The highest BCUT2D eigenvalue weighted by molar-refractivity contribution is 9.10. The molecular formula is C16H13BrN2O4. The Labute approximate surface area is 140 Å². The Morgan fingerprint density at radius 2 is 2.00 bits per heavy atom. The summed E-state index contributed by atoms with van der Waals surface area (Å²) in [6.45, 7) is 0. The molecular weight excluding hydrogens is 364 g/mol. The van der Waals surface area contributed by atoms with E-state index in [4.69, 9.17) is 14.6 Å². The highest BCUT2D eigenvalue weighted by Crippen LogP contribution is 2.39. The number of fused-ring (bicyclic) bond motifs is 1. The predicted octanol–water partition coefficient (Wildman–Crippen LogP) is 3.71. The molecule has 2 N–H and O–H groups in total. The van der Waals surface area contributed by atoms with Gasteiger partial charge in [0, 0.05) is 5.56 Å². The maximum atomic E-state index is 11.0. The molecule has 0 fully saturated rings. The second-order valence-electron chi connectivity index (χ2n) is 4.82. The van der Waals surface area contributed by atoms with Gasteiger partial charge in [-0.3, -0.25) is 0 Å². The van der Waals surface area contributed by atoms with E-state index in [0.29, 0.717) is 28.4 Å². The van der Waals surface area contributed by atoms with E-state index in [1.165, 1.54) is 6.07 Å². The highest BCUT2D eigenvalue weighted by Gasteiger charge is 2.14. The second-order valence-corrected chi connectivity index (χ2v) is 5.67. The standard InChI is InChI=1S/C16H13BrN2O4/c1-22-13-7-9(5-10(17)14(13)23-2)15-18-11-4-3-8(16(20)21)6-12(11)19-15/h3-7H,1-2H3,(H,18,19)(H,20,21). The molecule has 0 saturated carbocycles. The zero-order valence-electron chi connectivity index (χ0n) is 12.4. The van der Waals surface area contributed by atoms with Gasteiger partial charge in [0.15, 0.2) is 11.5 Å². The van der Waals surface area contributed by atoms with Crippen LogP contribution in [-0.4, -0.2) is 35.3 Å². The lowest BCUT2D eigenvalue weighted by atomic mass is 10.2. The first-order valence-electron chi connectivity index (χ1n) is 6.68. The van der Waals surface area contributed by atoms with Gasteiger partial charge >= 0.3 is 5.97 Å². The molecule has 7 heteroatoms. The van der Waals surface area contributed by atoms with Crippen LogP contribution in [0.4, 0.5) is 0 Å². The summed E-state index contributed by atoms with van der Waals surface area (Å²) in [7, 11) is 3.13. The van der Waals surface area contributed by atoms with E-state index in [0.717, 1.165) is 10.0 Å². The van der Waals surface area contributed by atoms with Crippen LogP contribution in [-0.2, 0) is 0 Å². The summed E-state index contributed by atoms with van der Waals surface area (Å²) in [6, 6.07) is 8.43. The summed E-state index contributed by atoms with van der Waals surface area (Å²) in [4.78, 5) is 18.7. The van der Waals surface area contributed by atoms with Crippen LogP contribution >= 0.6 is 15.9 Å². The van der Waals surface area contributed by atoms with E-state index in [2.05, 4.69) is 25.9 Å². The molecule has 23 heavy (non-hydrogen) atoms. The van der Waals surface area contributed by atoms with Crippen LogP contribution in [0.25, 0.3) is 22.4 Å². The topological polar surface area (TPSA) is 84.4 Å². The molecule has 0 radical (unpaired) electrons. The molecule has 1 aromatic heterocycles. The van der Waals surface area contributed by atoms with Crippen LogP contribution < -0.4 is 9.47 Å². The van der Waals surface area contributed by atoms with Gasteiger partial charge in [-0.15, -0.1) is 0 Å². The van der Waals surface area contributed by atoms with Gasteiger partial charge in [0.1, 0.15) is 5.82 Å². The van der Waals surface area contributed by atoms with E-state index in [9.17, 15) is 4.79 Å². The smallest absolute Gasteiger partial charge is 0.335 e. The number of hydrogen-bond acceptors (Lipinski definition) is 4. The molecule has 0 spiro atoms. The Balaban J connectivity index is 2.13. The van der Waals surface area contributed by atoms with Crippen molar-refractivity contribution in [2.24, 2.45) is 0 Å². The molecule has 3 rings (SSSR count). The first kappa shape index (κ1) is 15.4. The van der Waals surface area contributed by atoms with E-state index in [1.54, 1.807) is 32.4 Å². The maximum Gasteiger partial charge on any atom is 0.335 e. The predicted molar refractivity (Wildman–Crippen MR) is 89.3 cm³/mol. The molecule has 0 aliphatic rings. The Bertz CT molecular complexity index is 904. The molecule has 3 aromatic rings. The van der Waals surface area contributed by atoms with Gasteiger partial charge in [-0.25, -0.2) is 9.78 Å². The number of halogens is 1. The number of carboxylic acids is 1. The number of nitrogens with one attached hydrogen (secondary N) is 1. The summed E-state index contributed by atoms with van der Waals surface area (Å²) in [5.74, 6) is 0.810. The molecule has 0 aliphatic heterocycles. The summed E-state index contributed by atoms with van der Waals surface area (Å²) < 4.78 is 11.4. The van der Waals surface area contributed by atoms with Crippen LogP contribution in [0.15, 0.2) is 34.8 Å². The van der Waals surface area contributed by atoms with Crippen LogP contribution in [0, 0.1) is 0 Å². The SMILES string of the molecule is COc1cc(-c2nc3ccc(C(=O)O)cc3[nH]2)cc(Br)c1OC. The number of ether oxygens (including phenoxy) is 2. The number of methoxy groups -OCH3 is 2. The number of carboxylic acid groups (broad SMARTS) is 1. The van der Waals surface area contributed by atoms with E-state index >= 15 is 0 Å². The van der Waals surface area contributed by atoms with Crippen molar-refractivity contribution in [1.82, 2.24) is 9.97 Å². The molecule has 0 unspecified atom stereocenters. The van der Waals surface area contributed by atoms with Gasteiger partial charge in [-0.1, -0.05) is 0 Å². The number of carbonyl (C=O) groups is 1. The quantitative estimate of drug-likeness (QED) is 0.724. The van der Waals surface area contributed by atoms with E-state index < -0.39 is 5.97 Å². The van der Waals surface area contributed by atoms with Gasteiger partial charge in [-0.2, -0.15) is 0 Å². The van der Waals surface area contributed by atoms with Crippen molar-refractivity contribution >= 4 is 32.9 Å². The van der Waals surface area contributed by atoms with Crippen molar-refractivity contribution in [3.63, 3.8) is 0 Å². The zero-order chi connectivity index (χ0) is 16.6. The minimum Gasteiger partial charge on any atom is -0.493 e. The Morgan fingerprint density at radius 1 is 1.22 bits per heavy atom. The number of aromatic amines is 1. The van der Waals surface area contributed by atoms with Crippen molar-refractivity contribution in [2.45, 2.75) is 0 Å². The third-order valence-electron chi connectivity index (χ3n) is 3.44. The number of aromatic carboxylic acids is 1. The Kier molecular flexibility index (Phi) is 3.96. The molecule has 0 saturated heterocycles. The fraction of sp³-hybridized carbons (Fsp3) is 0.125. The highest BCUT2D eigenvalue weighted by atomic mass is 79.9. The average molecular weight is 377 g/mol. The minimum absolute atomic E-state index is 0.209. The molecule has 0 atom stereocenters. The van der Waals surface area contributed by atoms with Crippen molar-refractivity contribution in [2.75, 3.05) is 14.2 Å². The van der Waals surface area contributed by atoms with Gasteiger partial charge in [0.2, 0.25) is 0 Å². The first-order valence-corrected chi connectivity index (χ1v) is 7.47. The second kappa shape index (κ2) is 5.92. The van der Waals surface area contributed by atoms with Gasteiger partial charge in [0.25, 0.3) is 0 Å². The lowest BCUT2D eigenvalue weighted by Gasteiger charge is -2.10. The number of aromatic nitrogens is 2. The third kappa shape index (κ3) is 2.75. The zero-order valence-corrected chi connectivity index (χ0v) is 14.0. The van der Waals surface area contributed by atoms with Gasteiger partial charge in [0.05, 0.1) is 35.3 Å². The number of rotatable bonds is 4. The lowest BCUT2D eigenvalue weighted by Crippen LogP contribution is -1.94. The number of benzene rings is 2. The molecule has 2 aromatic carbocycles. The average Bonchev–Trinajstić information content (AvgIpc) is 2.96. The van der Waals surface area contributed by atoms with Crippen molar-refractivity contribution in [1.29, 1.82) is 0 Å². The van der Waals surface area contributed by atoms with E-state index in [1.807, 2.05) is 6.07 Å². The third-order valence-corrected chi connectivity index (χ3v) is 4.02. The molecule has 0 bridgehead atoms. The Morgan fingerprint density at radius 3 is 2.65 bits per heavy atom. The summed E-state index contributed by atoms with van der Waals surface area (Å²) in [5, 5.41) is 9.06. The Hall–Kier alpha value is -2.54. The normalized spacial score (nSPS) is 10.7. The van der Waals surface area contributed by atoms with Crippen LogP contribution in [0.1, 0.15) is 10.4 Å². The number of nitrogens with zero attached hydrogens (tertiary/aromatic N) is 1. The van der Waals surface area contributed by atoms with Crippen molar-refractivity contribution in [3.8, 4) is 22.9 Å². The largest absolute Gasteiger partial charge is 0.493 e. The van der Waals surface area contributed by atoms with Crippen molar-refractivity contribution in [3.05, 3.63) is 40.4 Å². The van der Waals surface area contributed by atoms with Gasteiger partial charge in [-0.05, 0) is 46.3 Å². The first-order chi connectivity index (χ1) is 11.0. The molecule has 6 nitrogen and oxygen atoms in total. The van der Waals surface area contributed by atoms with E-state index in [-0.39, 0.29) is 5.56 Å². The summed E-state index contributed by atoms with van der Waals surface area (Å²) in [6.07, 6.45) is 0. The van der Waals surface area contributed by atoms with Crippen LogP contribution in [0.2, 0.25) is 0 Å². The number of H-pyrrole nitrogens is 1. The van der Waals surface area contributed by atoms with Crippen LogP contribution in [0.3, 0.4) is 0 Å². The fourth-order valence-electron chi connectivity index (χ4n) is 2.33. The van der Waals surface area contributed by atoms with Crippen LogP contribution in [0.5, 0.6) is 11.5 Å². The summed E-state index contributed by atoms with van der Waals surface area (Å²) >= 11 is 3.45. The van der Waals surface area contributed by atoms with Crippen molar-refractivity contribution < 1.29 is 19.4 Å². The molecule has 0 amide bonds. The molecule has 0 aliphatic carbocycles. The number of hydrogen-bond donors (Lipinski definition) is 2. The lowest BCUT2D eigenvalue weighted by molar-refractivity contribution is 0.0697. The number of imidazole rings is 1. The minimum atomic E-state index is -0.975. The fourth-order valence-corrected chi connectivity index (χ4v) is 2.94. The molecule has 118 valence electrons. The summed E-state index contributed by atoms with van der Waals surface area (Å²) in [5.41, 5.74) is 2.35. The maximum absolute atomic E-state index is 11.0. The van der Waals surface area contributed by atoms with Gasteiger partial charge < -0.3 is 19.6 Å². The molecule has 1 heterocycles.